The van der Waals surface area contributed by atoms with Crippen LogP contribution in [0.3, 0.4) is 0 Å². The highest BCUT2D eigenvalue weighted by molar-refractivity contribution is 7.31. The molecule has 0 saturated heterocycles. The second-order valence-corrected chi connectivity index (χ2v) is 19.2. The average molecular weight is 691 g/mol. The minimum absolute atomic E-state index is 0.0468. The van der Waals surface area contributed by atoms with Crippen LogP contribution >= 0.6 is 11.3 Å². The summed E-state index contributed by atoms with van der Waals surface area (Å²) in [5, 5.41) is 1.37. The highest BCUT2D eigenvalue weighted by Gasteiger charge is 2.47. The first-order valence-corrected chi connectivity index (χ1v) is 20.2. The van der Waals surface area contributed by atoms with Crippen molar-refractivity contribution in [3.8, 4) is 0 Å². The zero-order valence-electron chi connectivity index (χ0n) is 32.4. The summed E-state index contributed by atoms with van der Waals surface area (Å²) in [6.07, 6.45) is 19.0. The zero-order chi connectivity index (χ0) is 36.0. The van der Waals surface area contributed by atoms with Crippen molar-refractivity contribution in [2.75, 3.05) is 4.90 Å². The smallest absolute Gasteiger partial charge is 0.254 e. The van der Waals surface area contributed by atoms with Crippen molar-refractivity contribution in [1.29, 1.82) is 0 Å². The summed E-state index contributed by atoms with van der Waals surface area (Å²) in [7, 11) is 0. The standard InChI is InChI=1S/C47H55BN2S/c1-30-17-15-16-20-38(30)50-39-23-21-31(2)42-41(39)48(44-43(50)35-28-33(45(4,5)6)22-24-40(35)51-44)29-37-36(46(7,8)25-26-47(37,9)10)27-32(3)49(42)34-18-13-11-12-14-19-34/h13,15-20,22-24,27-29,31H,3,11-12,14,21,25-26H2,1-2,4-10H3/b36-27?,37-29+. The molecule has 3 heterocycles. The molecule has 1 saturated carbocycles. The minimum atomic E-state index is 0.0468. The lowest BCUT2D eigenvalue weighted by Gasteiger charge is -2.45. The molecule has 0 bridgehead atoms. The number of aryl methyl sites for hydroxylation is 1. The summed E-state index contributed by atoms with van der Waals surface area (Å²) in [6, 6.07) is 16.3. The van der Waals surface area contributed by atoms with Crippen molar-refractivity contribution >= 4 is 44.3 Å². The molecule has 0 N–H and O–H groups in total. The van der Waals surface area contributed by atoms with Crippen LogP contribution in [0.1, 0.15) is 105 Å². The number of para-hydroxylation sites is 1. The van der Waals surface area contributed by atoms with Gasteiger partial charge in [0.05, 0.1) is 5.69 Å². The van der Waals surface area contributed by atoms with Gasteiger partial charge in [0, 0.05) is 43.3 Å². The molecule has 4 heteroatoms. The molecule has 2 aliphatic heterocycles. The van der Waals surface area contributed by atoms with E-state index >= 15 is 0 Å². The van der Waals surface area contributed by atoms with Crippen LogP contribution in [-0.4, -0.2) is 11.6 Å². The molecule has 3 aromatic rings. The van der Waals surface area contributed by atoms with Crippen LogP contribution in [0, 0.1) is 23.7 Å². The number of hydrogen-bond donors (Lipinski definition) is 0. The Morgan fingerprint density at radius 3 is 2.41 bits per heavy atom. The van der Waals surface area contributed by atoms with E-state index in [9.17, 15) is 0 Å². The molecule has 1 unspecified atom stereocenters. The van der Waals surface area contributed by atoms with E-state index in [1.807, 2.05) is 11.3 Å². The molecular weight excluding hydrogens is 635 g/mol. The number of anilines is 2. The first-order chi connectivity index (χ1) is 24.2. The van der Waals surface area contributed by atoms with Gasteiger partial charge in [-0.15, -0.1) is 17.3 Å². The molecule has 2 aromatic carbocycles. The molecule has 1 aromatic heterocycles. The van der Waals surface area contributed by atoms with E-state index in [1.54, 1.807) is 0 Å². The van der Waals surface area contributed by atoms with Gasteiger partial charge in [0.25, 0.3) is 6.71 Å². The number of thiophene rings is 1. The number of fused-ring (bicyclic) bond motifs is 5. The Hall–Kier alpha value is -3.76. The predicted octanol–water partition coefficient (Wildman–Crippen LogP) is 12.8. The highest BCUT2D eigenvalue weighted by atomic mass is 32.1. The Morgan fingerprint density at radius 2 is 1.67 bits per heavy atom. The summed E-state index contributed by atoms with van der Waals surface area (Å²) in [6.45, 7) is 26.7. The first-order valence-electron chi connectivity index (χ1n) is 19.4. The molecule has 3 aliphatic carbocycles. The summed E-state index contributed by atoms with van der Waals surface area (Å²) >= 11 is 2.02. The van der Waals surface area contributed by atoms with Crippen LogP contribution in [-0.2, 0) is 5.41 Å². The molecule has 0 spiro atoms. The van der Waals surface area contributed by atoms with E-state index in [0.29, 0.717) is 5.92 Å². The molecule has 51 heavy (non-hydrogen) atoms. The molecular formula is C47H55BN2S. The maximum atomic E-state index is 4.95. The van der Waals surface area contributed by atoms with Gasteiger partial charge in [-0.1, -0.05) is 110 Å². The van der Waals surface area contributed by atoms with Gasteiger partial charge in [-0.25, -0.2) is 0 Å². The van der Waals surface area contributed by atoms with Crippen molar-refractivity contribution in [2.45, 2.75) is 106 Å². The largest absolute Gasteiger partial charge is 0.315 e. The van der Waals surface area contributed by atoms with Gasteiger partial charge in [-0.05, 0) is 120 Å². The second-order valence-electron chi connectivity index (χ2n) is 18.1. The Labute approximate surface area is 311 Å². The summed E-state index contributed by atoms with van der Waals surface area (Å²) < 4.78 is 2.83. The van der Waals surface area contributed by atoms with Crippen LogP contribution in [0.25, 0.3) is 10.1 Å². The quantitative estimate of drug-likeness (QED) is 0.247. The molecule has 2 nitrogen and oxygen atoms in total. The number of allylic oxidation sites excluding steroid dienone is 9. The topological polar surface area (TPSA) is 6.48 Å². The molecule has 1 fully saturated rings. The lowest BCUT2D eigenvalue weighted by atomic mass is 9.37. The fourth-order valence-electron chi connectivity index (χ4n) is 9.26. The second kappa shape index (κ2) is 12.2. The third kappa shape index (κ3) is 5.59. The lowest BCUT2D eigenvalue weighted by Crippen LogP contribution is -2.46. The van der Waals surface area contributed by atoms with Gasteiger partial charge in [0.15, 0.2) is 0 Å². The Morgan fingerprint density at radius 1 is 0.922 bits per heavy atom. The van der Waals surface area contributed by atoms with Crippen molar-refractivity contribution in [1.82, 2.24) is 4.90 Å². The van der Waals surface area contributed by atoms with Gasteiger partial charge in [0.2, 0.25) is 0 Å². The van der Waals surface area contributed by atoms with Crippen LogP contribution in [0.2, 0.25) is 0 Å². The van der Waals surface area contributed by atoms with E-state index in [2.05, 4.69) is 151 Å². The molecule has 0 radical (unpaired) electrons. The molecule has 8 rings (SSSR count). The fourth-order valence-corrected chi connectivity index (χ4v) is 10.5. The molecule has 262 valence electrons. The maximum Gasteiger partial charge on any atom is 0.254 e. The first kappa shape index (κ1) is 34.3. The van der Waals surface area contributed by atoms with E-state index in [-0.39, 0.29) is 23.0 Å². The molecule has 5 aliphatic rings. The number of benzene rings is 2. The van der Waals surface area contributed by atoms with Crippen LogP contribution in [0.4, 0.5) is 11.4 Å². The molecule has 1 atom stereocenters. The van der Waals surface area contributed by atoms with Gasteiger partial charge in [0.1, 0.15) is 0 Å². The summed E-state index contributed by atoms with van der Waals surface area (Å²) in [5.41, 5.74) is 15.0. The van der Waals surface area contributed by atoms with Gasteiger partial charge in [-0.2, -0.15) is 0 Å². The van der Waals surface area contributed by atoms with Crippen LogP contribution in [0.15, 0.2) is 125 Å². The highest BCUT2D eigenvalue weighted by Crippen LogP contribution is 2.56. The number of nitrogens with zero attached hydrogens (tertiary/aromatic N) is 2. The Balaban J connectivity index is 1.54. The maximum absolute atomic E-state index is 4.95. The third-order valence-corrected chi connectivity index (χ3v) is 13.7. The van der Waals surface area contributed by atoms with Crippen molar-refractivity contribution < 1.29 is 0 Å². The van der Waals surface area contributed by atoms with E-state index in [4.69, 9.17) is 6.58 Å². The summed E-state index contributed by atoms with van der Waals surface area (Å²) in [5.74, 6) is 3.07. The third-order valence-electron chi connectivity index (χ3n) is 12.4. The SMILES string of the molecule is C=C1C=C2/C(=C\B3C4=C(C(C)CC=C4N(c4ccccc4C)c4c3sc3ccc(C(C)(C)C)cc43)N1C1=CCCCC=C1)C(C)(C)CCC2(C)C. The zero-order valence-corrected chi connectivity index (χ0v) is 33.2. The van der Waals surface area contributed by atoms with E-state index < -0.39 is 0 Å². The summed E-state index contributed by atoms with van der Waals surface area (Å²) in [4.78, 5) is 5.25. The van der Waals surface area contributed by atoms with E-state index in [0.717, 1.165) is 25.0 Å². The average Bonchev–Trinajstić information content (AvgIpc) is 3.27. The Bertz CT molecular complexity index is 2150. The van der Waals surface area contributed by atoms with Gasteiger partial charge >= 0.3 is 0 Å². The van der Waals surface area contributed by atoms with Crippen molar-refractivity contribution in [2.24, 2.45) is 16.7 Å². The van der Waals surface area contributed by atoms with Crippen LogP contribution in [0.5, 0.6) is 0 Å². The van der Waals surface area contributed by atoms with Crippen molar-refractivity contribution in [3.63, 3.8) is 0 Å². The Kier molecular flexibility index (Phi) is 8.19. The lowest BCUT2D eigenvalue weighted by molar-refractivity contribution is 0.260. The fraction of sp³-hybridized carbons (Fsp3) is 0.404. The van der Waals surface area contributed by atoms with E-state index in [1.165, 1.54) is 90.3 Å². The van der Waals surface area contributed by atoms with Gasteiger partial charge < -0.3 is 9.80 Å². The predicted molar refractivity (Wildman–Crippen MR) is 223 cm³/mol. The normalized spacial score (nSPS) is 23.9. The number of hydrogen-bond acceptors (Lipinski definition) is 3. The van der Waals surface area contributed by atoms with Gasteiger partial charge in [-0.3, -0.25) is 0 Å². The number of rotatable bonds is 2. The monoisotopic (exact) mass is 690 g/mol. The minimum Gasteiger partial charge on any atom is -0.315 e. The molecule has 0 amide bonds. The van der Waals surface area contributed by atoms with Crippen molar-refractivity contribution in [3.05, 3.63) is 136 Å². The van der Waals surface area contributed by atoms with Crippen LogP contribution < -0.4 is 9.68 Å².